The molecule has 0 aliphatic heterocycles. The second-order valence-electron chi connectivity index (χ2n) is 5.29. The number of aliphatic hydroxyl groups excluding tert-OH is 1. The summed E-state index contributed by atoms with van der Waals surface area (Å²) in [5, 5.41) is 37.1. The molecule has 0 aliphatic carbocycles. The van der Waals surface area contributed by atoms with Gasteiger partial charge in [-0.1, -0.05) is 12.1 Å². The first kappa shape index (κ1) is 16.3. The SMILES string of the molecule is Cn1cc(C#N)c(NC(=O)NC(C)(CO)c2ccc(O)cc2)n1. The molecule has 4 N–H and O–H groups in total. The van der Waals surface area contributed by atoms with Crippen LogP contribution in [0.15, 0.2) is 30.5 Å². The highest BCUT2D eigenvalue weighted by molar-refractivity contribution is 5.90. The number of phenolic OH excluding ortho intramolecular Hbond substituents is 1. The second kappa shape index (κ2) is 6.37. The lowest BCUT2D eigenvalue weighted by Gasteiger charge is -2.29. The number of aliphatic hydroxyl groups is 1. The van der Waals surface area contributed by atoms with E-state index >= 15 is 0 Å². The largest absolute Gasteiger partial charge is 0.508 e. The second-order valence-corrected chi connectivity index (χ2v) is 5.29. The van der Waals surface area contributed by atoms with E-state index < -0.39 is 11.6 Å². The highest BCUT2D eigenvalue weighted by atomic mass is 16.3. The first-order valence-electron chi connectivity index (χ1n) is 6.81. The van der Waals surface area contributed by atoms with Crippen molar-refractivity contribution >= 4 is 11.8 Å². The number of nitriles is 1. The van der Waals surface area contributed by atoms with Crippen molar-refractivity contribution < 1.29 is 15.0 Å². The average molecular weight is 315 g/mol. The molecule has 1 atom stereocenters. The number of amides is 2. The van der Waals surface area contributed by atoms with Crippen LogP contribution in [-0.2, 0) is 12.6 Å². The van der Waals surface area contributed by atoms with E-state index in [1.165, 1.54) is 23.0 Å². The van der Waals surface area contributed by atoms with Gasteiger partial charge in [-0.25, -0.2) is 4.79 Å². The van der Waals surface area contributed by atoms with E-state index in [1.54, 1.807) is 26.1 Å². The molecular weight excluding hydrogens is 298 g/mol. The van der Waals surface area contributed by atoms with Gasteiger partial charge in [0.2, 0.25) is 0 Å². The molecule has 2 amide bonds. The molecule has 8 nitrogen and oxygen atoms in total. The molecule has 0 fully saturated rings. The van der Waals surface area contributed by atoms with Crippen molar-refractivity contribution in [1.82, 2.24) is 15.1 Å². The van der Waals surface area contributed by atoms with E-state index in [0.717, 1.165) is 0 Å². The summed E-state index contributed by atoms with van der Waals surface area (Å²) in [6.07, 6.45) is 1.49. The number of benzene rings is 1. The monoisotopic (exact) mass is 315 g/mol. The Morgan fingerprint density at radius 2 is 2.09 bits per heavy atom. The van der Waals surface area contributed by atoms with Crippen LogP contribution in [0.2, 0.25) is 0 Å². The normalized spacial score (nSPS) is 13.0. The Bertz CT molecular complexity index is 747. The zero-order valence-electron chi connectivity index (χ0n) is 12.7. The van der Waals surface area contributed by atoms with Crippen LogP contribution < -0.4 is 10.6 Å². The van der Waals surface area contributed by atoms with Crippen LogP contribution in [0.4, 0.5) is 10.6 Å². The Kier molecular flexibility index (Phi) is 4.52. The number of carbonyl (C=O) groups excluding carboxylic acids is 1. The van der Waals surface area contributed by atoms with Crippen LogP contribution in [0, 0.1) is 11.3 Å². The number of aromatic hydroxyl groups is 1. The minimum Gasteiger partial charge on any atom is -0.508 e. The summed E-state index contributed by atoms with van der Waals surface area (Å²) in [7, 11) is 1.64. The Balaban J connectivity index is 2.16. The van der Waals surface area contributed by atoms with Crippen LogP contribution in [0.25, 0.3) is 0 Å². The molecule has 0 saturated carbocycles. The van der Waals surface area contributed by atoms with Crippen molar-refractivity contribution in [1.29, 1.82) is 5.26 Å². The highest BCUT2D eigenvalue weighted by Crippen LogP contribution is 2.23. The number of aromatic nitrogens is 2. The van der Waals surface area contributed by atoms with Gasteiger partial charge in [0.1, 0.15) is 17.4 Å². The van der Waals surface area contributed by atoms with E-state index in [2.05, 4.69) is 15.7 Å². The van der Waals surface area contributed by atoms with Crippen molar-refractivity contribution in [3.63, 3.8) is 0 Å². The van der Waals surface area contributed by atoms with Crippen molar-refractivity contribution in [2.75, 3.05) is 11.9 Å². The number of nitrogens with zero attached hydrogens (tertiary/aromatic N) is 3. The molecule has 8 heteroatoms. The number of rotatable bonds is 4. The van der Waals surface area contributed by atoms with Gasteiger partial charge in [0.05, 0.1) is 12.1 Å². The predicted octanol–water partition coefficient (Wildman–Crippen LogP) is 1.03. The molecule has 0 saturated heterocycles. The molecule has 1 aromatic heterocycles. The predicted molar refractivity (Wildman–Crippen MR) is 82.6 cm³/mol. The average Bonchev–Trinajstić information content (AvgIpc) is 2.87. The summed E-state index contributed by atoms with van der Waals surface area (Å²) in [5.74, 6) is 0.226. The van der Waals surface area contributed by atoms with Gasteiger partial charge in [0.15, 0.2) is 5.82 Å². The molecule has 120 valence electrons. The Morgan fingerprint density at radius 3 is 2.65 bits per heavy atom. The molecule has 23 heavy (non-hydrogen) atoms. The summed E-state index contributed by atoms with van der Waals surface area (Å²) >= 11 is 0. The zero-order chi connectivity index (χ0) is 17.0. The summed E-state index contributed by atoms with van der Waals surface area (Å²) in [5.41, 5.74) is -0.202. The summed E-state index contributed by atoms with van der Waals surface area (Å²) < 4.78 is 1.42. The molecular formula is C15H17N5O3. The summed E-state index contributed by atoms with van der Waals surface area (Å²) in [6, 6.07) is 7.47. The molecule has 0 spiro atoms. The fourth-order valence-electron chi connectivity index (χ4n) is 2.08. The molecule has 0 radical (unpaired) electrons. The fraction of sp³-hybridized carbons (Fsp3) is 0.267. The van der Waals surface area contributed by atoms with Crippen molar-refractivity contribution in [3.8, 4) is 11.8 Å². The molecule has 0 bridgehead atoms. The molecule has 1 unspecified atom stereocenters. The lowest BCUT2D eigenvalue weighted by molar-refractivity contribution is 0.176. The molecule has 0 aliphatic rings. The first-order chi connectivity index (χ1) is 10.9. The third kappa shape index (κ3) is 3.59. The van der Waals surface area contributed by atoms with Gasteiger partial charge < -0.3 is 15.5 Å². The number of phenols is 1. The van der Waals surface area contributed by atoms with Crippen molar-refractivity contribution in [3.05, 3.63) is 41.6 Å². The van der Waals surface area contributed by atoms with Gasteiger partial charge in [-0.05, 0) is 24.6 Å². The first-order valence-corrected chi connectivity index (χ1v) is 6.81. The van der Waals surface area contributed by atoms with Gasteiger partial charge in [0.25, 0.3) is 0 Å². The number of anilines is 1. The number of hydrogen-bond donors (Lipinski definition) is 4. The van der Waals surface area contributed by atoms with Gasteiger partial charge >= 0.3 is 6.03 Å². The van der Waals surface area contributed by atoms with Gasteiger partial charge in [-0.15, -0.1) is 0 Å². The van der Waals surface area contributed by atoms with Crippen molar-refractivity contribution in [2.45, 2.75) is 12.5 Å². The fourth-order valence-corrected chi connectivity index (χ4v) is 2.08. The van der Waals surface area contributed by atoms with Crippen LogP contribution in [0.3, 0.4) is 0 Å². The maximum Gasteiger partial charge on any atom is 0.321 e. The van der Waals surface area contributed by atoms with Gasteiger partial charge in [0, 0.05) is 13.2 Å². The Morgan fingerprint density at radius 1 is 1.43 bits per heavy atom. The van der Waals surface area contributed by atoms with Crippen LogP contribution in [0.5, 0.6) is 5.75 Å². The van der Waals surface area contributed by atoms with Crippen LogP contribution in [0.1, 0.15) is 18.1 Å². The summed E-state index contributed by atoms with van der Waals surface area (Å²) in [6.45, 7) is 1.29. The molecule has 1 aromatic carbocycles. The number of aryl methyl sites for hydroxylation is 1. The summed E-state index contributed by atoms with van der Waals surface area (Å²) in [4.78, 5) is 12.2. The minimum absolute atomic E-state index is 0.0886. The molecule has 2 rings (SSSR count). The number of carbonyl (C=O) groups is 1. The van der Waals surface area contributed by atoms with Gasteiger partial charge in [-0.3, -0.25) is 10.00 Å². The molecule has 1 heterocycles. The zero-order valence-corrected chi connectivity index (χ0v) is 12.7. The van der Waals surface area contributed by atoms with E-state index in [4.69, 9.17) is 5.26 Å². The smallest absolute Gasteiger partial charge is 0.321 e. The number of nitrogens with one attached hydrogen (secondary N) is 2. The van der Waals surface area contributed by atoms with Gasteiger partial charge in [-0.2, -0.15) is 10.4 Å². The lowest BCUT2D eigenvalue weighted by Crippen LogP contribution is -2.48. The number of urea groups is 1. The van der Waals surface area contributed by atoms with E-state index in [9.17, 15) is 15.0 Å². The van der Waals surface area contributed by atoms with E-state index in [-0.39, 0.29) is 23.7 Å². The third-order valence-electron chi connectivity index (χ3n) is 3.39. The Hall–Kier alpha value is -3.05. The van der Waals surface area contributed by atoms with E-state index in [1.807, 2.05) is 6.07 Å². The maximum atomic E-state index is 12.2. The Labute approximate surface area is 133 Å². The lowest BCUT2D eigenvalue weighted by atomic mass is 9.93. The van der Waals surface area contributed by atoms with Crippen LogP contribution in [-0.4, -0.2) is 32.6 Å². The minimum atomic E-state index is -1.06. The van der Waals surface area contributed by atoms with Crippen LogP contribution >= 0.6 is 0 Å². The third-order valence-corrected chi connectivity index (χ3v) is 3.39. The maximum absolute atomic E-state index is 12.2. The van der Waals surface area contributed by atoms with Crippen molar-refractivity contribution in [2.24, 2.45) is 7.05 Å². The quantitative estimate of drug-likeness (QED) is 0.671. The topological polar surface area (TPSA) is 123 Å². The van der Waals surface area contributed by atoms with E-state index in [0.29, 0.717) is 5.56 Å². The number of hydrogen-bond acceptors (Lipinski definition) is 5. The standard InChI is InChI=1S/C15H17N5O3/c1-15(9-21,11-3-5-12(22)6-4-11)18-14(23)17-13-10(7-16)8-20(2)19-13/h3-6,8,21-22H,9H2,1-2H3,(H2,17,18,19,23). The molecule has 2 aromatic rings. The highest BCUT2D eigenvalue weighted by Gasteiger charge is 2.28.